The molecule has 0 bridgehead atoms. The molecule has 1 unspecified atom stereocenters. The summed E-state index contributed by atoms with van der Waals surface area (Å²) in [6, 6.07) is 7.38. The Labute approximate surface area is 194 Å². The molecule has 2 aromatic heterocycles. The molecule has 0 aliphatic carbocycles. The molecule has 4 aromatic rings. The molecule has 13 nitrogen and oxygen atoms in total. The number of fused-ring (bicyclic) bond motifs is 1. The first-order valence-corrected chi connectivity index (χ1v) is 12.5. The molecule has 0 saturated heterocycles. The molecule has 2 aromatic carbocycles. The van der Waals surface area contributed by atoms with Gasteiger partial charge in [-0.15, -0.1) is 10.2 Å². The number of nitrogens with one attached hydrogen (secondary N) is 2. The Hall–Kier alpha value is -2.86. The number of aromatic nitrogens is 5. The van der Waals surface area contributed by atoms with Gasteiger partial charge in [-0.2, -0.15) is 5.21 Å². The average molecular weight is 511 g/mol. The third-order valence-electron chi connectivity index (χ3n) is 4.58. The van der Waals surface area contributed by atoms with Crippen LogP contribution in [0.5, 0.6) is 0 Å². The van der Waals surface area contributed by atoms with Crippen molar-refractivity contribution >= 4 is 47.8 Å². The molecule has 2 heterocycles. The molecular formula is C17H20N9O4S3-. The molecule has 0 amide bonds. The first-order valence-electron chi connectivity index (χ1n) is 9.10. The minimum absolute atomic E-state index is 0. The molecule has 0 aliphatic heterocycles. The normalized spacial score (nSPS) is 13.5. The average Bonchev–Trinajstić information content (AvgIpc) is 3.40. The molecule has 0 radical (unpaired) electrons. The van der Waals surface area contributed by atoms with Crippen molar-refractivity contribution in [1.29, 1.82) is 0 Å². The predicted molar refractivity (Wildman–Crippen MR) is 124 cm³/mol. The number of nitrogens with two attached hydrogens (primary N) is 2. The molecule has 16 heteroatoms. The molecule has 0 fully saturated rings. The number of anilines is 1. The Bertz CT molecular complexity index is 1420. The highest BCUT2D eigenvalue weighted by Gasteiger charge is 2.28. The molecule has 176 valence electrons. The number of rotatable bonds is 7. The lowest BCUT2D eigenvalue weighted by Gasteiger charge is -2.20. The Morgan fingerprint density at radius 2 is 2.03 bits per heavy atom. The Morgan fingerprint density at radius 1 is 1.27 bits per heavy atom. The van der Waals surface area contributed by atoms with E-state index in [1.165, 1.54) is 23.5 Å². The lowest BCUT2D eigenvalue weighted by Crippen LogP contribution is -2.38. The van der Waals surface area contributed by atoms with Crippen molar-refractivity contribution in [3.05, 3.63) is 30.3 Å². The second kappa shape index (κ2) is 9.56. The van der Waals surface area contributed by atoms with Gasteiger partial charge in [0.25, 0.3) is 0 Å². The number of benzene rings is 2. The summed E-state index contributed by atoms with van der Waals surface area (Å²) in [5.74, 6) is -0.0941. The summed E-state index contributed by atoms with van der Waals surface area (Å²) in [7, 11) is -4.24. The summed E-state index contributed by atoms with van der Waals surface area (Å²) in [4.78, 5) is 3.38. The fraction of sp³-hybridized carbons (Fsp3) is 0.176. The number of nitrogen functional groups attached to an aromatic ring is 1. The van der Waals surface area contributed by atoms with E-state index in [9.17, 15) is 17.2 Å². The van der Waals surface area contributed by atoms with Crippen molar-refractivity contribution < 1.29 is 17.2 Å². The van der Waals surface area contributed by atoms with Crippen LogP contribution in [0.4, 0.5) is 5.13 Å². The number of thiazole rings is 1. The number of hydrogen-bond acceptors (Lipinski definition) is 12. The van der Waals surface area contributed by atoms with Crippen LogP contribution in [0.25, 0.3) is 32.7 Å². The van der Waals surface area contributed by atoms with E-state index in [1.807, 2.05) is 6.07 Å². The van der Waals surface area contributed by atoms with Gasteiger partial charge < -0.3 is 22.2 Å². The number of sulfonamides is 1. The van der Waals surface area contributed by atoms with Gasteiger partial charge in [0.05, 0.1) is 20.0 Å². The third-order valence-corrected chi connectivity index (χ3v) is 7.95. The third kappa shape index (κ3) is 4.62. The van der Waals surface area contributed by atoms with Gasteiger partial charge in [0.15, 0.2) is 5.13 Å². The number of nitrogens with zero attached hydrogens (tertiary/aromatic N) is 4. The maximum absolute atomic E-state index is 13.0. The Balaban J connectivity index is 0.00000306. The zero-order valence-corrected chi connectivity index (χ0v) is 19.6. The fourth-order valence-electron chi connectivity index (χ4n) is 3.21. The van der Waals surface area contributed by atoms with E-state index < -0.39 is 36.9 Å². The summed E-state index contributed by atoms with van der Waals surface area (Å²) >= 11 is -1.71. The van der Waals surface area contributed by atoms with Crippen molar-refractivity contribution in [2.45, 2.75) is 22.8 Å². The van der Waals surface area contributed by atoms with E-state index in [2.05, 4.69) is 30.3 Å². The predicted octanol–water partition coefficient (Wildman–Crippen LogP) is 0.751. The maximum atomic E-state index is 13.0. The number of H-pyrrole nitrogens is 1. The van der Waals surface area contributed by atoms with Gasteiger partial charge in [-0.3, -0.25) is 4.21 Å². The number of hydrogen-bond donors (Lipinski definition) is 5. The van der Waals surface area contributed by atoms with Crippen LogP contribution in [-0.2, 0) is 21.1 Å². The van der Waals surface area contributed by atoms with Crippen LogP contribution >= 0.6 is 11.3 Å². The monoisotopic (exact) mass is 510 g/mol. The molecular weight excluding hydrogens is 490 g/mol. The SMILES string of the molecule is C[C@@H](CN)NS(=O)(=O)c1ccc(-c2cccc3sc(N)nc23)c(-c2nn[nH]n2)c1S(=O)[O-].N. The number of para-hydroxylation sites is 1. The second-order valence-electron chi connectivity index (χ2n) is 6.75. The molecule has 2 atom stereocenters. The Morgan fingerprint density at radius 3 is 2.67 bits per heavy atom. The van der Waals surface area contributed by atoms with E-state index in [0.717, 1.165) is 4.70 Å². The largest absolute Gasteiger partial charge is 0.768 e. The van der Waals surface area contributed by atoms with Crippen LogP contribution in [-0.4, -0.2) is 55.4 Å². The van der Waals surface area contributed by atoms with Gasteiger partial charge >= 0.3 is 0 Å². The lowest BCUT2D eigenvalue weighted by atomic mass is 9.98. The molecule has 33 heavy (non-hydrogen) atoms. The van der Waals surface area contributed by atoms with Crippen molar-refractivity contribution in [2.75, 3.05) is 12.3 Å². The first kappa shape index (κ1) is 24.8. The van der Waals surface area contributed by atoms with Gasteiger partial charge in [0.1, 0.15) is 0 Å². The molecule has 0 spiro atoms. The summed E-state index contributed by atoms with van der Waals surface area (Å²) in [5, 5.41) is 13.9. The van der Waals surface area contributed by atoms with Crippen LogP contribution in [0.3, 0.4) is 0 Å². The maximum Gasteiger partial charge on any atom is 0.242 e. The van der Waals surface area contributed by atoms with Gasteiger partial charge in [-0.25, -0.2) is 18.1 Å². The van der Waals surface area contributed by atoms with Crippen molar-refractivity contribution in [3.63, 3.8) is 0 Å². The summed E-state index contributed by atoms with van der Waals surface area (Å²) in [5.41, 5.74) is 12.8. The van der Waals surface area contributed by atoms with E-state index in [1.54, 1.807) is 19.1 Å². The van der Waals surface area contributed by atoms with E-state index in [4.69, 9.17) is 11.5 Å². The molecule has 0 aliphatic rings. The standard InChI is InChI=1S/C17H18N8O4S3.H3N/c1-8(7-18)23-32(28,29)12-6-5-9(10-3-2-4-11-14(10)20-17(19)30-11)13(15(12)31(26)27)16-21-24-25-22-16;/h2-6,8,23H,7,18H2,1H3,(H2,19,20)(H,26,27)(H,21,22,24,25);1H3/p-1/t8-;/m0./s1. The second-order valence-corrected chi connectivity index (χ2v) is 10.4. The summed E-state index contributed by atoms with van der Waals surface area (Å²) in [6.45, 7) is 1.59. The first-order chi connectivity index (χ1) is 15.2. The molecule has 9 N–H and O–H groups in total. The zero-order valence-electron chi connectivity index (χ0n) is 17.2. The van der Waals surface area contributed by atoms with Gasteiger partial charge in [-0.05, 0) is 40.9 Å². The topological polar surface area (TPSA) is 241 Å². The van der Waals surface area contributed by atoms with Gasteiger partial charge in [0, 0.05) is 23.7 Å². The fourth-order valence-corrected chi connectivity index (χ4v) is 6.46. The van der Waals surface area contributed by atoms with Gasteiger partial charge in [0.2, 0.25) is 15.8 Å². The summed E-state index contributed by atoms with van der Waals surface area (Å²) in [6.07, 6.45) is 0. The number of aromatic amines is 1. The van der Waals surface area contributed by atoms with Crippen molar-refractivity contribution in [2.24, 2.45) is 5.73 Å². The van der Waals surface area contributed by atoms with Crippen LogP contribution in [0, 0.1) is 0 Å². The zero-order chi connectivity index (χ0) is 23.0. The van der Waals surface area contributed by atoms with E-state index >= 15 is 0 Å². The highest BCUT2D eigenvalue weighted by atomic mass is 32.2. The Kier molecular flexibility index (Phi) is 7.17. The number of tetrazole rings is 1. The lowest BCUT2D eigenvalue weighted by molar-refractivity contribution is 0.531. The highest BCUT2D eigenvalue weighted by Crippen LogP contribution is 2.41. The van der Waals surface area contributed by atoms with Crippen LogP contribution in [0.15, 0.2) is 40.1 Å². The summed E-state index contributed by atoms with van der Waals surface area (Å²) < 4.78 is 53.8. The van der Waals surface area contributed by atoms with Crippen molar-refractivity contribution in [1.82, 2.24) is 36.5 Å². The minimum atomic E-state index is -4.24. The van der Waals surface area contributed by atoms with Crippen LogP contribution < -0.4 is 22.3 Å². The van der Waals surface area contributed by atoms with Crippen LogP contribution in [0.2, 0.25) is 0 Å². The quantitative estimate of drug-likeness (QED) is 0.217. The van der Waals surface area contributed by atoms with E-state index in [-0.39, 0.29) is 24.1 Å². The van der Waals surface area contributed by atoms with E-state index in [0.29, 0.717) is 21.8 Å². The van der Waals surface area contributed by atoms with Crippen molar-refractivity contribution in [3.8, 4) is 22.5 Å². The smallest absolute Gasteiger partial charge is 0.242 e. The highest BCUT2D eigenvalue weighted by molar-refractivity contribution is 7.90. The van der Waals surface area contributed by atoms with Gasteiger partial charge in [-0.1, -0.05) is 29.5 Å². The molecule has 4 rings (SSSR count). The molecule has 0 saturated carbocycles. The minimum Gasteiger partial charge on any atom is -0.768 e. The van der Waals surface area contributed by atoms with Crippen LogP contribution in [0.1, 0.15) is 6.92 Å².